The standard InChI is InChI=1S/C12H14N2O4/c1-3-4-7-9(13-5-8(15)14-7)12-11(17)10(16)6(2)18-12/h5-6,10-12,16-17H,1-2H3,(H,14,15)/t6-,10?,11+,12+/m1/s1. The van der Waals surface area contributed by atoms with Gasteiger partial charge >= 0.3 is 0 Å². The van der Waals surface area contributed by atoms with Gasteiger partial charge in [0.1, 0.15) is 29.7 Å². The van der Waals surface area contributed by atoms with Crippen molar-refractivity contribution in [1.82, 2.24) is 9.97 Å². The van der Waals surface area contributed by atoms with Crippen molar-refractivity contribution in [3.05, 3.63) is 27.9 Å². The third-order valence-corrected chi connectivity index (χ3v) is 2.85. The number of H-pyrrole nitrogens is 1. The summed E-state index contributed by atoms with van der Waals surface area (Å²) < 4.78 is 5.45. The van der Waals surface area contributed by atoms with Crippen molar-refractivity contribution in [3.8, 4) is 11.8 Å². The SMILES string of the molecule is CC#Cc1[nH]c(=O)cnc1[C@@H]1O[C@H](C)C(O)[C@@H]1O. The third kappa shape index (κ3) is 2.16. The number of aromatic amines is 1. The van der Waals surface area contributed by atoms with Gasteiger partial charge in [0, 0.05) is 0 Å². The average Bonchev–Trinajstić information content (AvgIpc) is 2.58. The highest BCUT2D eigenvalue weighted by Crippen LogP contribution is 2.32. The molecule has 1 aromatic heterocycles. The molecule has 3 N–H and O–H groups in total. The molecule has 1 aliphatic rings. The molecule has 1 aromatic rings. The molecule has 0 spiro atoms. The molecule has 2 heterocycles. The molecule has 6 nitrogen and oxygen atoms in total. The van der Waals surface area contributed by atoms with Gasteiger partial charge in [-0.1, -0.05) is 5.92 Å². The molecule has 6 heteroatoms. The molecule has 1 aliphatic heterocycles. The highest BCUT2D eigenvalue weighted by atomic mass is 16.5. The summed E-state index contributed by atoms with van der Waals surface area (Å²) in [5.41, 5.74) is 0.257. The lowest BCUT2D eigenvalue weighted by atomic mass is 10.0. The second-order valence-corrected chi connectivity index (χ2v) is 4.13. The molecule has 96 valence electrons. The van der Waals surface area contributed by atoms with Crippen LogP contribution in [0.2, 0.25) is 0 Å². The first-order chi connectivity index (χ1) is 8.54. The second-order valence-electron chi connectivity index (χ2n) is 4.13. The highest BCUT2D eigenvalue weighted by Gasteiger charge is 2.42. The van der Waals surface area contributed by atoms with Crippen molar-refractivity contribution < 1.29 is 14.9 Å². The lowest BCUT2D eigenvalue weighted by Gasteiger charge is -2.14. The summed E-state index contributed by atoms with van der Waals surface area (Å²) >= 11 is 0. The van der Waals surface area contributed by atoms with Crippen LogP contribution in [0.4, 0.5) is 0 Å². The maximum Gasteiger partial charge on any atom is 0.267 e. The number of aliphatic hydroxyl groups excluding tert-OH is 2. The van der Waals surface area contributed by atoms with Crippen LogP contribution in [0.15, 0.2) is 11.0 Å². The van der Waals surface area contributed by atoms with E-state index in [1.54, 1.807) is 13.8 Å². The molecule has 0 bridgehead atoms. The monoisotopic (exact) mass is 250 g/mol. The summed E-state index contributed by atoms with van der Waals surface area (Å²) in [4.78, 5) is 17.7. The average molecular weight is 250 g/mol. The Balaban J connectivity index is 2.44. The second kappa shape index (κ2) is 4.90. The normalized spacial score (nSPS) is 30.9. The van der Waals surface area contributed by atoms with Crippen LogP contribution < -0.4 is 5.56 Å². The molecular formula is C12H14N2O4. The minimum atomic E-state index is -1.09. The molecule has 0 aromatic carbocycles. The van der Waals surface area contributed by atoms with Gasteiger partial charge in [-0.2, -0.15) is 0 Å². The Bertz CT molecular complexity index is 557. The smallest absolute Gasteiger partial charge is 0.267 e. The zero-order valence-corrected chi connectivity index (χ0v) is 10.0. The molecule has 0 saturated carbocycles. The Labute approximate surface area is 104 Å². The minimum absolute atomic E-state index is 0.301. The first-order valence-corrected chi connectivity index (χ1v) is 5.58. The Morgan fingerprint density at radius 2 is 2.17 bits per heavy atom. The van der Waals surface area contributed by atoms with Crippen molar-refractivity contribution >= 4 is 0 Å². The molecule has 1 saturated heterocycles. The van der Waals surface area contributed by atoms with Crippen LogP contribution in [0.5, 0.6) is 0 Å². The molecule has 4 atom stereocenters. The van der Waals surface area contributed by atoms with E-state index in [-0.39, 0.29) is 5.56 Å². The zero-order valence-electron chi connectivity index (χ0n) is 10.0. The van der Waals surface area contributed by atoms with Gasteiger partial charge in [0.25, 0.3) is 5.56 Å². The Hall–Kier alpha value is -1.68. The number of nitrogens with zero attached hydrogens (tertiary/aromatic N) is 1. The van der Waals surface area contributed by atoms with Crippen molar-refractivity contribution in [3.63, 3.8) is 0 Å². The topological polar surface area (TPSA) is 95.4 Å². The van der Waals surface area contributed by atoms with Gasteiger partial charge < -0.3 is 19.9 Å². The maximum atomic E-state index is 11.2. The number of rotatable bonds is 1. The van der Waals surface area contributed by atoms with Crippen LogP contribution in [0.3, 0.4) is 0 Å². The minimum Gasteiger partial charge on any atom is -0.388 e. The van der Waals surface area contributed by atoms with Crippen LogP contribution in [0, 0.1) is 11.8 Å². The van der Waals surface area contributed by atoms with Gasteiger partial charge in [-0.05, 0) is 19.8 Å². The molecule has 0 amide bonds. The number of hydrogen-bond acceptors (Lipinski definition) is 5. The largest absolute Gasteiger partial charge is 0.388 e. The molecule has 2 rings (SSSR count). The summed E-state index contributed by atoms with van der Waals surface area (Å²) in [6.07, 6.45) is -2.26. The van der Waals surface area contributed by atoms with Gasteiger partial charge in [0.15, 0.2) is 0 Å². The van der Waals surface area contributed by atoms with Crippen molar-refractivity contribution in [2.45, 2.75) is 38.3 Å². The third-order valence-electron chi connectivity index (χ3n) is 2.85. The summed E-state index contributed by atoms with van der Waals surface area (Å²) in [5, 5.41) is 19.6. The van der Waals surface area contributed by atoms with Gasteiger partial charge in [-0.15, -0.1) is 0 Å². The lowest BCUT2D eigenvalue weighted by molar-refractivity contribution is 0.0121. The van der Waals surface area contributed by atoms with Crippen molar-refractivity contribution in [2.24, 2.45) is 0 Å². The number of aliphatic hydroxyl groups is 2. The van der Waals surface area contributed by atoms with E-state index in [1.165, 1.54) is 0 Å². The summed E-state index contributed by atoms with van der Waals surface area (Å²) in [7, 11) is 0. The number of ether oxygens (including phenoxy) is 1. The molecule has 1 unspecified atom stereocenters. The van der Waals surface area contributed by atoms with Crippen LogP contribution >= 0.6 is 0 Å². The fourth-order valence-electron chi connectivity index (χ4n) is 1.92. The Morgan fingerprint density at radius 3 is 2.72 bits per heavy atom. The fraction of sp³-hybridized carbons (Fsp3) is 0.500. The summed E-state index contributed by atoms with van der Waals surface area (Å²) in [6, 6.07) is 0. The van der Waals surface area contributed by atoms with Crippen LogP contribution in [-0.4, -0.2) is 38.5 Å². The highest BCUT2D eigenvalue weighted by molar-refractivity contribution is 5.33. The van der Waals surface area contributed by atoms with E-state index in [9.17, 15) is 15.0 Å². The van der Waals surface area contributed by atoms with Crippen LogP contribution in [0.1, 0.15) is 31.3 Å². The van der Waals surface area contributed by atoms with E-state index in [1.807, 2.05) is 0 Å². The molecule has 1 fully saturated rings. The lowest BCUT2D eigenvalue weighted by Crippen LogP contribution is -2.29. The van der Waals surface area contributed by atoms with Crippen molar-refractivity contribution in [1.29, 1.82) is 0 Å². The van der Waals surface area contributed by atoms with E-state index in [2.05, 4.69) is 21.8 Å². The predicted molar refractivity (Wildman–Crippen MR) is 62.7 cm³/mol. The molecule has 18 heavy (non-hydrogen) atoms. The van der Waals surface area contributed by atoms with Gasteiger partial charge in [-0.3, -0.25) is 4.79 Å². The van der Waals surface area contributed by atoms with Crippen molar-refractivity contribution in [2.75, 3.05) is 0 Å². The molecular weight excluding hydrogens is 236 g/mol. The number of hydrogen-bond donors (Lipinski definition) is 3. The quantitative estimate of drug-likeness (QED) is 0.574. The number of nitrogens with one attached hydrogen (secondary N) is 1. The van der Waals surface area contributed by atoms with Gasteiger partial charge in [0.05, 0.1) is 12.3 Å². The Kier molecular flexibility index (Phi) is 3.48. The number of aromatic nitrogens is 2. The van der Waals surface area contributed by atoms with Crippen LogP contribution in [-0.2, 0) is 4.74 Å². The van der Waals surface area contributed by atoms with E-state index in [0.717, 1.165) is 6.20 Å². The van der Waals surface area contributed by atoms with Crippen LogP contribution in [0.25, 0.3) is 0 Å². The van der Waals surface area contributed by atoms with E-state index in [4.69, 9.17) is 4.74 Å². The van der Waals surface area contributed by atoms with E-state index >= 15 is 0 Å². The first-order valence-electron chi connectivity index (χ1n) is 5.58. The Morgan fingerprint density at radius 1 is 1.44 bits per heavy atom. The van der Waals surface area contributed by atoms with E-state index in [0.29, 0.717) is 11.4 Å². The zero-order chi connectivity index (χ0) is 13.3. The maximum absolute atomic E-state index is 11.2. The van der Waals surface area contributed by atoms with Gasteiger partial charge in [0.2, 0.25) is 0 Å². The molecule has 0 radical (unpaired) electrons. The summed E-state index contributed by atoms with van der Waals surface area (Å²) in [5.74, 6) is 5.36. The predicted octanol–water partition coefficient (Wildman–Crippen LogP) is -0.677. The van der Waals surface area contributed by atoms with Gasteiger partial charge in [-0.25, -0.2) is 4.98 Å². The summed E-state index contributed by atoms with van der Waals surface area (Å²) in [6.45, 7) is 3.28. The molecule has 0 aliphatic carbocycles. The van der Waals surface area contributed by atoms with E-state index < -0.39 is 24.4 Å². The fourth-order valence-corrected chi connectivity index (χ4v) is 1.92. The first kappa shape index (κ1) is 12.8.